The molecule has 2 aromatic heterocycles. The van der Waals surface area contributed by atoms with Crippen molar-refractivity contribution in [1.82, 2.24) is 9.97 Å². The molecule has 68 heavy (non-hydrogen) atoms. The third-order valence-electron chi connectivity index (χ3n) is 10.3. The summed E-state index contributed by atoms with van der Waals surface area (Å²) >= 11 is 0. The van der Waals surface area contributed by atoms with Crippen molar-refractivity contribution in [3.05, 3.63) is 97.3 Å². The number of pyridine rings is 2. The normalized spacial score (nSPS) is 24.4. The summed E-state index contributed by atoms with van der Waals surface area (Å²) in [6.45, 7) is 6.31. The molecular weight excluding hydrogens is 893 g/mol. The van der Waals surface area contributed by atoms with Gasteiger partial charge in [0.2, 0.25) is 24.8 Å². The van der Waals surface area contributed by atoms with Crippen LogP contribution in [0.3, 0.4) is 0 Å². The molecule has 358 valence electrons. The van der Waals surface area contributed by atoms with E-state index >= 15 is 0 Å². The highest BCUT2D eigenvalue weighted by Crippen LogP contribution is 2.35. The molecule has 0 saturated carbocycles. The van der Waals surface area contributed by atoms with Gasteiger partial charge in [-0.25, -0.2) is 0 Å². The fourth-order valence-corrected chi connectivity index (χ4v) is 7.76. The second kappa shape index (κ2) is 21.8. The van der Waals surface area contributed by atoms with E-state index in [0.29, 0.717) is 22.5 Å². The smallest absolute Gasteiger partial charge is 0.303 e. The summed E-state index contributed by atoms with van der Waals surface area (Å²) in [5.74, 6) is -3.63. The lowest BCUT2D eigenvalue weighted by molar-refractivity contribution is -0.287. The standard InChI is InChI=1S/C48H48N2O18/c1-25(51)59-41-37(23-57-35-15-7-11-31-13-9-21-49-39(31)35)67-47(45(63-29(5)55)43(41)61-27(3)53)65-33-17-19-34(20-18-33)66-48-46(64-30(6)56)44(62-28(4)54)42(60-26(2)52)38(68-48)24-58-36-16-8-12-32-14-10-22-50-40(32)36/h7-22,37-38,41-48H,23-24H2,1-6H3/t37-,38-,41-,42-,43+,44+,45-,46-,47-,48-/m1/s1. The van der Waals surface area contributed by atoms with Crippen LogP contribution in [0.15, 0.2) is 97.3 Å². The first kappa shape index (κ1) is 48.4. The Morgan fingerprint density at radius 2 is 0.750 bits per heavy atom. The van der Waals surface area contributed by atoms with Crippen molar-refractivity contribution in [3.63, 3.8) is 0 Å². The van der Waals surface area contributed by atoms with Crippen LogP contribution in [-0.2, 0) is 66.7 Å². The number of fused-ring (bicyclic) bond motifs is 2. The maximum absolute atomic E-state index is 12.5. The summed E-state index contributed by atoms with van der Waals surface area (Å²) < 4.78 is 71.3. The predicted octanol–water partition coefficient (Wildman–Crippen LogP) is 4.74. The third-order valence-corrected chi connectivity index (χ3v) is 10.3. The highest BCUT2D eigenvalue weighted by Gasteiger charge is 2.55. The molecule has 0 bridgehead atoms. The molecule has 5 aromatic rings. The molecular formula is C48H48N2O18. The largest absolute Gasteiger partial charge is 0.488 e. The summed E-state index contributed by atoms with van der Waals surface area (Å²) in [5, 5.41) is 1.59. The van der Waals surface area contributed by atoms with E-state index in [1.165, 1.54) is 24.3 Å². The van der Waals surface area contributed by atoms with Gasteiger partial charge in [-0.15, -0.1) is 0 Å². The zero-order chi connectivity index (χ0) is 48.5. The van der Waals surface area contributed by atoms with Crippen LogP contribution in [0, 0.1) is 0 Å². The lowest BCUT2D eigenvalue weighted by atomic mass is 9.98. The van der Waals surface area contributed by atoms with Crippen LogP contribution in [-0.4, -0.2) is 120 Å². The molecule has 2 saturated heterocycles. The number of nitrogens with zero attached hydrogens (tertiary/aromatic N) is 2. The van der Waals surface area contributed by atoms with Gasteiger partial charge in [-0.3, -0.25) is 38.7 Å². The van der Waals surface area contributed by atoms with E-state index in [-0.39, 0.29) is 24.7 Å². The number of carbonyl (C=O) groups is 6. The summed E-state index contributed by atoms with van der Waals surface area (Å²) in [5.41, 5.74) is 1.09. The Balaban J connectivity index is 1.15. The molecule has 0 radical (unpaired) electrons. The Kier molecular flexibility index (Phi) is 15.5. The average molecular weight is 941 g/mol. The number of esters is 6. The van der Waals surface area contributed by atoms with E-state index in [4.69, 9.17) is 56.8 Å². The van der Waals surface area contributed by atoms with Gasteiger partial charge in [-0.2, -0.15) is 0 Å². The maximum Gasteiger partial charge on any atom is 0.303 e. The topological polar surface area (TPSA) is 239 Å². The SMILES string of the molecule is CC(=O)O[C@@H]1[C@@H](OC(C)=O)[C@H](Oc2ccc(O[C@@H]3O[C@H](COc4cccc5cccnc45)[C@@H](OC(C)=O)[C@H](OC(C)=O)[C@H]3OC(C)=O)cc2)O[C@H](COc2cccc3cccnc23)[C@H]1OC(C)=O. The number of carbonyl (C=O) groups excluding carboxylic acids is 6. The summed E-state index contributed by atoms with van der Waals surface area (Å²) in [7, 11) is 0. The van der Waals surface area contributed by atoms with Crippen LogP contribution in [0.4, 0.5) is 0 Å². The number of hydrogen-bond acceptors (Lipinski definition) is 20. The van der Waals surface area contributed by atoms with Crippen LogP contribution >= 0.6 is 0 Å². The Bertz CT molecular complexity index is 2440. The predicted molar refractivity (Wildman–Crippen MR) is 233 cm³/mol. The van der Waals surface area contributed by atoms with Crippen LogP contribution in [0.25, 0.3) is 21.8 Å². The van der Waals surface area contributed by atoms with Crippen molar-refractivity contribution in [2.24, 2.45) is 0 Å². The molecule has 2 aliphatic heterocycles. The fourth-order valence-electron chi connectivity index (χ4n) is 7.76. The van der Waals surface area contributed by atoms with Gasteiger partial charge in [-0.1, -0.05) is 36.4 Å². The number of aromatic nitrogens is 2. The van der Waals surface area contributed by atoms with Crippen molar-refractivity contribution in [3.8, 4) is 23.0 Å². The van der Waals surface area contributed by atoms with E-state index < -0.39 is 97.2 Å². The highest BCUT2D eigenvalue weighted by molar-refractivity contribution is 5.85. The molecule has 0 amide bonds. The van der Waals surface area contributed by atoms with Gasteiger partial charge in [0.15, 0.2) is 24.4 Å². The minimum atomic E-state index is -1.49. The van der Waals surface area contributed by atoms with Gasteiger partial charge in [0.25, 0.3) is 0 Å². The monoisotopic (exact) mass is 940 g/mol. The van der Waals surface area contributed by atoms with Gasteiger partial charge in [-0.05, 0) is 48.5 Å². The van der Waals surface area contributed by atoms with Crippen LogP contribution in [0.2, 0.25) is 0 Å². The first-order valence-electron chi connectivity index (χ1n) is 21.3. The minimum Gasteiger partial charge on any atom is -0.488 e. The second-order valence-electron chi connectivity index (χ2n) is 15.5. The van der Waals surface area contributed by atoms with Crippen LogP contribution < -0.4 is 18.9 Å². The third kappa shape index (κ3) is 12.1. The average Bonchev–Trinajstić information content (AvgIpc) is 3.28. The fraction of sp³-hybridized carbons (Fsp3) is 0.375. The number of rotatable bonds is 16. The van der Waals surface area contributed by atoms with E-state index in [1.807, 2.05) is 24.3 Å². The lowest BCUT2D eigenvalue weighted by Gasteiger charge is -2.44. The Morgan fingerprint density at radius 1 is 0.426 bits per heavy atom. The first-order chi connectivity index (χ1) is 32.6. The molecule has 4 heterocycles. The molecule has 7 rings (SSSR count). The summed E-state index contributed by atoms with van der Waals surface area (Å²) in [6, 6.07) is 23.7. The van der Waals surface area contributed by atoms with Crippen LogP contribution in [0.5, 0.6) is 23.0 Å². The molecule has 10 atom stereocenters. The first-order valence-corrected chi connectivity index (χ1v) is 21.3. The van der Waals surface area contributed by atoms with Crippen molar-refractivity contribution in [2.45, 2.75) is 103 Å². The van der Waals surface area contributed by atoms with Gasteiger partial charge in [0, 0.05) is 64.7 Å². The minimum absolute atomic E-state index is 0.119. The summed E-state index contributed by atoms with van der Waals surface area (Å²) in [6.07, 6.45) is -10.6. The van der Waals surface area contributed by atoms with Crippen molar-refractivity contribution in [2.75, 3.05) is 13.2 Å². The van der Waals surface area contributed by atoms with Gasteiger partial charge < -0.3 is 56.8 Å². The van der Waals surface area contributed by atoms with Crippen molar-refractivity contribution < 1.29 is 85.6 Å². The van der Waals surface area contributed by atoms with Crippen LogP contribution in [0.1, 0.15) is 41.5 Å². The molecule has 20 heteroatoms. The molecule has 0 spiro atoms. The lowest BCUT2D eigenvalue weighted by Crippen LogP contribution is -2.63. The van der Waals surface area contributed by atoms with E-state index in [9.17, 15) is 28.8 Å². The number of benzene rings is 3. The zero-order valence-corrected chi connectivity index (χ0v) is 37.7. The molecule has 2 aliphatic rings. The molecule has 2 fully saturated rings. The quantitative estimate of drug-likeness (QED) is 0.0959. The number of hydrogen-bond donors (Lipinski definition) is 0. The van der Waals surface area contributed by atoms with Gasteiger partial charge in [0.05, 0.1) is 0 Å². The van der Waals surface area contributed by atoms with E-state index in [2.05, 4.69) is 9.97 Å². The van der Waals surface area contributed by atoms with Crippen molar-refractivity contribution >= 4 is 57.6 Å². The van der Waals surface area contributed by atoms with Gasteiger partial charge in [0.1, 0.15) is 59.5 Å². The number of para-hydroxylation sites is 2. The Morgan fingerprint density at radius 3 is 1.10 bits per heavy atom. The zero-order valence-electron chi connectivity index (χ0n) is 37.7. The molecule has 0 N–H and O–H groups in total. The van der Waals surface area contributed by atoms with E-state index in [0.717, 1.165) is 52.3 Å². The summed E-state index contributed by atoms with van der Waals surface area (Å²) in [4.78, 5) is 83.9. The molecule has 0 aliphatic carbocycles. The van der Waals surface area contributed by atoms with Crippen molar-refractivity contribution in [1.29, 1.82) is 0 Å². The second-order valence-corrected chi connectivity index (χ2v) is 15.5. The molecule has 3 aromatic carbocycles. The Labute approximate surface area is 388 Å². The maximum atomic E-state index is 12.5. The van der Waals surface area contributed by atoms with Gasteiger partial charge >= 0.3 is 35.8 Å². The highest BCUT2D eigenvalue weighted by atomic mass is 16.7. The molecule has 0 unspecified atom stereocenters. The Hall–Kier alpha value is -7.58. The van der Waals surface area contributed by atoms with E-state index in [1.54, 1.807) is 48.8 Å². The number of ether oxygens (including phenoxy) is 12. The molecule has 20 nitrogen and oxygen atoms in total.